The summed E-state index contributed by atoms with van der Waals surface area (Å²) in [5, 5.41) is 2.28. The van der Waals surface area contributed by atoms with E-state index in [9.17, 15) is 0 Å². The summed E-state index contributed by atoms with van der Waals surface area (Å²) >= 11 is 0. The van der Waals surface area contributed by atoms with Crippen LogP contribution < -0.4 is 5.32 Å². The molecule has 0 saturated carbocycles. The Morgan fingerprint density at radius 1 is 0.882 bits per heavy atom. The summed E-state index contributed by atoms with van der Waals surface area (Å²) in [6, 6.07) is 21.3. The molecule has 2 aromatic carbocycles. The Bertz CT molecular complexity index is 413. The van der Waals surface area contributed by atoms with Crippen LogP contribution in [0.15, 0.2) is 60.7 Å². The summed E-state index contributed by atoms with van der Waals surface area (Å²) in [7, 11) is 3.01. The molecule has 2 N–H and O–H groups in total. The first kappa shape index (κ1) is 12.3. The highest BCUT2D eigenvalue weighted by Crippen LogP contribution is 2.31. The van der Waals surface area contributed by atoms with Crippen LogP contribution in [0.4, 0.5) is 0 Å². The van der Waals surface area contributed by atoms with Gasteiger partial charge in [-0.15, -0.1) is 0 Å². The third-order valence-corrected chi connectivity index (χ3v) is 3.93. The number of nitrogens with two attached hydrogens (primary N) is 1. The van der Waals surface area contributed by atoms with Crippen molar-refractivity contribution in [3.8, 4) is 0 Å². The highest BCUT2D eigenvalue weighted by Gasteiger charge is 2.31. The van der Waals surface area contributed by atoms with E-state index in [0.29, 0.717) is 0 Å². The van der Waals surface area contributed by atoms with Gasteiger partial charge in [-0.05, 0) is 6.92 Å². The van der Waals surface area contributed by atoms with Crippen molar-refractivity contribution in [3.63, 3.8) is 0 Å². The van der Waals surface area contributed by atoms with Gasteiger partial charge in [0.25, 0.3) is 0 Å². The highest BCUT2D eigenvalue weighted by atomic mass is 31.0. The molecule has 0 aliphatic heterocycles. The maximum Gasteiger partial charge on any atom is 0.158 e. The molecular formula is C15H19NP+. The molecule has 0 saturated heterocycles. The van der Waals surface area contributed by atoms with E-state index in [1.54, 1.807) is 0 Å². The lowest BCUT2D eigenvalue weighted by molar-refractivity contribution is -0.699. The molecular weight excluding hydrogens is 225 g/mol. The Morgan fingerprint density at radius 3 is 1.65 bits per heavy atom. The van der Waals surface area contributed by atoms with Crippen LogP contribution >= 0.6 is 9.24 Å². The first-order chi connectivity index (χ1) is 8.27. The van der Waals surface area contributed by atoms with Crippen molar-refractivity contribution >= 4 is 9.24 Å². The van der Waals surface area contributed by atoms with Gasteiger partial charge in [0.05, 0.1) is 6.54 Å². The molecule has 0 radical (unpaired) electrons. The number of rotatable bonds is 4. The summed E-state index contributed by atoms with van der Waals surface area (Å²) < 4.78 is 0. The minimum Gasteiger partial charge on any atom is -0.331 e. The predicted molar refractivity (Wildman–Crippen MR) is 75.8 cm³/mol. The van der Waals surface area contributed by atoms with Gasteiger partial charge in [0.1, 0.15) is 0 Å². The van der Waals surface area contributed by atoms with Gasteiger partial charge in [-0.1, -0.05) is 69.9 Å². The van der Waals surface area contributed by atoms with E-state index in [4.69, 9.17) is 0 Å². The Hall–Kier alpha value is -1.17. The zero-order chi connectivity index (χ0) is 12.1. The number of quaternary nitrogens is 1. The molecule has 2 heteroatoms. The topological polar surface area (TPSA) is 16.6 Å². The Morgan fingerprint density at radius 2 is 1.29 bits per heavy atom. The van der Waals surface area contributed by atoms with Crippen molar-refractivity contribution in [2.75, 3.05) is 6.54 Å². The SMILES string of the molecule is CC[NH2+]C(P)(c1ccccc1)c1ccccc1. The Labute approximate surface area is 105 Å². The molecule has 0 aromatic heterocycles. The van der Waals surface area contributed by atoms with Gasteiger partial charge in [-0.25, -0.2) is 0 Å². The van der Waals surface area contributed by atoms with Gasteiger partial charge >= 0.3 is 0 Å². The minimum absolute atomic E-state index is 0.0722. The van der Waals surface area contributed by atoms with Crippen LogP contribution in [-0.4, -0.2) is 6.54 Å². The zero-order valence-corrected chi connectivity index (χ0v) is 11.3. The van der Waals surface area contributed by atoms with Crippen LogP contribution in [0.1, 0.15) is 18.1 Å². The molecule has 0 bridgehead atoms. The number of hydrogen-bond acceptors (Lipinski definition) is 0. The third-order valence-electron chi connectivity index (χ3n) is 3.03. The van der Waals surface area contributed by atoms with Gasteiger partial charge in [-0.3, -0.25) is 0 Å². The highest BCUT2D eigenvalue weighted by molar-refractivity contribution is 7.18. The Balaban J connectivity index is 2.47. The molecule has 0 heterocycles. The number of benzene rings is 2. The maximum atomic E-state index is 3.01. The van der Waals surface area contributed by atoms with Crippen molar-refractivity contribution in [3.05, 3.63) is 71.8 Å². The molecule has 0 spiro atoms. The average molecular weight is 244 g/mol. The fourth-order valence-corrected chi connectivity index (χ4v) is 2.77. The summed E-state index contributed by atoms with van der Waals surface area (Å²) in [4.78, 5) is 0. The van der Waals surface area contributed by atoms with E-state index in [-0.39, 0.29) is 5.28 Å². The van der Waals surface area contributed by atoms with E-state index < -0.39 is 0 Å². The standard InChI is InChI=1S/C15H18NP/c1-2-16-15(17,13-9-5-3-6-10-13)14-11-7-4-8-12-14/h3-12,16H,2,17H2,1H3/p+1. The largest absolute Gasteiger partial charge is 0.331 e. The van der Waals surface area contributed by atoms with Crippen molar-refractivity contribution in [2.24, 2.45) is 0 Å². The van der Waals surface area contributed by atoms with Crippen LogP contribution in [0.25, 0.3) is 0 Å². The van der Waals surface area contributed by atoms with E-state index in [1.165, 1.54) is 11.1 Å². The van der Waals surface area contributed by atoms with Crippen LogP contribution in [-0.2, 0) is 5.28 Å². The van der Waals surface area contributed by atoms with Gasteiger partial charge < -0.3 is 5.32 Å². The van der Waals surface area contributed by atoms with E-state index >= 15 is 0 Å². The lowest BCUT2D eigenvalue weighted by Gasteiger charge is -2.28. The molecule has 88 valence electrons. The molecule has 2 aromatic rings. The van der Waals surface area contributed by atoms with Crippen LogP contribution in [0.2, 0.25) is 0 Å². The lowest BCUT2D eigenvalue weighted by atomic mass is 9.97. The third kappa shape index (κ3) is 2.57. The van der Waals surface area contributed by atoms with Crippen molar-refractivity contribution < 1.29 is 5.32 Å². The van der Waals surface area contributed by atoms with Crippen LogP contribution in [0.5, 0.6) is 0 Å². The fourth-order valence-electron chi connectivity index (χ4n) is 2.15. The van der Waals surface area contributed by atoms with Crippen LogP contribution in [0.3, 0.4) is 0 Å². The van der Waals surface area contributed by atoms with Gasteiger partial charge in [0.2, 0.25) is 0 Å². The maximum absolute atomic E-state index is 3.01. The summed E-state index contributed by atoms with van der Waals surface area (Å²) in [6.45, 7) is 3.23. The first-order valence-corrected chi connectivity index (χ1v) is 6.59. The van der Waals surface area contributed by atoms with Gasteiger partial charge in [0.15, 0.2) is 5.28 Å². The molecule has 1 unspecified atom stereocenters. The monoisotopic (exact) mass is 244 g/mol. The van der Waals surface area contributed by atoms with Gasteiger partial charge in [0, 0.05) is 11.1 Å². The van der Waals surface area contributed by atoms with E-state index in [2.05, 4.69) is 82.1 Å². The smallest absolute Gasteiger partial charge is 0.158 e. The number of hydrogen-bond donors (Lipinski definition) is 1. The molecule has 0 amide bonds. The quantitative estimate of drug-likeness (QED) is 0.795. The van der Waals surface area contributed by atoms with Crippen molar-refractivity contribution in [1.29, 1.82) is 0 Å². The zero-order valence-electron chi connectivity index (χ0n) is 10.1. The predicted octanol–water partition coefficient (Wildman–Crippen LogP) is 2.35. The molecule has 0 aliphatic rings. The second kappa shape index (κ2) is 5.44. The molecule has 17 heavy (non-hydrogen) atoms. The molecule has 1 atom stereocenters. The Kier molecular flexibility index (Phi) is 3.93. The molecule has 1 nitrogen and oxygen atoms in total. The van der Waals surface area contributed by atoms with Gasteiger partial charge in [-0.2, -0.15) is 0 Å². The van der Waals surface area contributed by atoms with E-state index in [0.717, 1.165) is 6.54 Å². The fraction of sp³-hybridized carbons (Fsp3) is 0.200. The van der Waals surface area contributed by atoms with Crippen LogP contribution in [0, 0.1) is 0 Å². The summed E-state index contributed by atoms with van der Waals surface area (Å²) in [5.74, 6) is 0. The molecule has 0 fully saturated rings. The second-order valence-electron chi connectivity index (χ2n) is 4.21. The summed E-state index contributed by atoms with van der Waals surface area (Å²) in [5.41, 5.74) is 2.64. The lowest BCUT2D eigenvalue weighted by Crippen LogP contribution is -2.92. The normalized spacial score (nSPS) is 11.4. The molecule has 0 aliphatic carbocycles. The van der Waals surface area contributed by atoms with Crippen molar-refractivity contribution in [1.82, 2.24) is 0 Å². The average Bonchev–Trinajstić information content (AvgIpc) is 2.41. The van der Waals surface area contributed by atoms with E-state index in [1.807, 2.05) is 0 Å². The second-order valence-corrected chi connectivity index (χ2v) is 5.12. The van der Waals surface area contributed by atoms with Crippen molar-refractivity contribution in [2.45, 2.75) is 12.2 Å². The first-order valence-electron chi connectivity index (χ1n) is 6.01. The molecule has 2 rings (SSSR count). The minimum atomic E-state index is -0.0722. The summed E-state index contributed by atoms with van der Waals surface area (Å²) in [6.07, 6.45) is 0.